The molecule has 20 heavy (non-hydrogen) atoms. The molecule has 0 unspecified atom stereocenters. The summed E-state index contributed by atoms with van der Waals surface area (Å²) in [6.45, 7) is 2.14. The van der Waals surface area contributed by atoms with Crippen LogP contribution in [0.25, 0.3) is 0 Å². The molecule has 1 aromatic heterocycles. The molecule has 0 amide bonds. The summed E-state index contributed by atoms with van der Waals surface area (Å²) in [5, 5.41) is 0.226. The van der Waals surface area contributed by atoms with E-state index in [0.29, 0.717) is 23.1 Å². The maximum absolute atomic E-state index is 5.87. The van der Waals surface area contributed by atoms with Crippen LogP contribution in [0.2, 0.25) is 5.15 Å². The number of hydrogen-bond donors (Lipinski definition) is 1. The molecule has 0 radical (unpaired) electrons. The zero-order valence-corrected chi connectivity index (χ0v) is 12.3. The molecule has 2 rings (SSSR count). The summed E-state index contributed by atoms with van der Waals surface area (Å²) in [6, 6.07) is 9.18. The van der Waals surface area contributed by atoms with Crippen LogP contribution in [0.5, 0.6) is 17.4 Å². The Labute approximate surface area is 123 Å². The lowest BCUT2D eigenvalue weighted by atomic mass is 10.1. The van der Waals surface area contributed by atoms with E-state index >= 15 is 0 Å². The summed E-state index contributed by atoms with van der Waals surface area (Å²) in [7, 11) is 1.61. The van der Waals surface area contributed by atoms with Crippen molar-refractivity contribution in [2.45, 2.75) is 19.8 Å². The van der Waals surface area contributed by atoms with E-state index < -0.39 is 0 Å². The summed E-state index contributed by atoms with van der Waals surface area (Å²) in [4.78, 5) is 4.06. The smallest absolute Gasteiger partial charge is 0.220 e. The number of aromatic nitrogens is 1. The summed E-state index contributed by atoms with van der Waals surface area (Å²) >= 11 is 5.87. The Morgan fingerprint density at radius 2 is 2.00 bits per heavy atom. The molecule has 0 spiro atoms. The molecular formula is C15H17ClN2O2. The highest BCUT2D eigenvalue weighted by molar-refractivity contribution is 6.31. The second kappa shape index (κ2) is 6.48. The van der Waals surface area contributed by atoms with E-state index in [0.717, 1.165) is 12.8 Å². The van der Waals surface area contributed by atoms with Gasteiger partial charge in [-0.15, -0.1) is 0 Å². The van der Waals surface area contributed by atoms with Gasteiger partial charge in [0, 0.05) is 6.07 Å². The van der Waals surface area contributed by atoms with E-state index in [1.54, 1.807) is 19.2 Å². The van der Waals surface area contributed by atoms with Crippen molar-refractivity contribution in [2.75, 3.05) is 12.8 Å². The number of ether oxygens (including phenoxy) is 2. The van der Waals surface area contributed by atoms with Gasteiger partial charge in [0.2, 0.25) is 5.88 Å². The van der Waals surface area contributed by atoms with Crippen LogP contribution in [0.15, 0.2) is 30.3 Å². The monoisotopic (exact) mass is 292 g/mol. The lowest BCUT2D eigenvalue weighted by Gasteiger charge is -2.11. The molecule has 106 valence electrons. The third kappa shape index (κ3) is 3.33. The molecule has 0 atom stereocenters. The molecule has 0 saturated heterocycles. The highest BCUT2D eigenvalue weighted by Crippen LogP contribution is 2.33. The van der Waals surface area contributed by atoms with Gasteiger partial charge in [0.05, 0.1) is 12.8 Å². The van der Waals surface area contributed by atoms with E-state index in [-0.39, 0.29) is 5.15 Å². The number of aryl methyl sites for hydroxylation is 1. The van der Waals surface area contributed by atoms with Gasteiger partial charge in [0.15, 0.2) is 16.7 Å². The molecule has 0 aliphatic carbocycles. The Hall–Kier alpha value is -1.94. The third-order valence-electron chi connectivity index (χ3n) is 2.83. The molecule has 2 N–H and O–H groups in total. The number of hydrogen-bond acceptors (Lipinski definition) is 4. The molecule has 2 aromatic rings. The Morgan fingerprint density at radius 1 is 1.20 bits per heavy atom. The zero-order chi connectivity index (χ0) is 14.5. The quantitative estimate of drug-likeness (QED) is 0.844. The Bertz CT molecular complexity index is 602. The van der Waals surface area contributed by atoms with Crippen LogP contribution in [0.1, 0.15) is 18.9 Å². The molecule has 0 aliphatic rings. The lowest BCUT2D eigenvalue weighted by molar-refractivity contribution is 0.373. The number of nitrogen functional groups attached to an aromatic ring is 1. The van der Waals surface area contributed by atoms with Gasteiger partial charge >= 0.3 is 0 Å². The Balaban J connectivity index is 2.25. The van der Waals surface area contributed by atoms with Crippen LogP contribution in [0.3, 0.4) is 0 Å². The number of rotatable bonds is 5. The van der Waals surface area contributed by atoms with Gasteiger partial charge in [-0.2, -0.15) is 4.98 Å². The van der Waals surface area contributed by atoms with Gasteiger partial charge in [-0.25, -0.2) is 0 Å². The highest BCUT2D eigenvalue weighted by atomic mass is 35.5. The summed E-state index contributed by atoms with van der Waals surface area (Å²) in [6.07, 6.45) is 2.08. The average Bonchev–Trinajstić information content (AvgIpc) is 2.45. The second-order valence-electron chi connectivity index (χ2n) is 4.37. The fraction of sp³-hybridized carbons (Fsp3) is 0.267. The Kier molecular flexibility index (Phi) is 4.69. The summed E-state index contributed by atoms with van der Waals surface area (Å²) < 4.78 is 11.0. The Morgan fingerprint density at radius 3 is 2.65 bits per heavy atom. The molecule has 1 aromatic carbocycles. The highest BCUT2D eigenvalue weighted by Gasteiger charge is 2.09. The number of nitrogens with zero attached hydrogens (tertiary/aromatic N) is 1. The predicted octanol–water partition coefficient (Wildman–Crippen LogP) is 4.07. The predicted molar refractivity (Wildman–Crippen MR) is 80.7 cm³/mol. The van der Waals surface area contributed by atoms with Gasteiger partial charge in [0.25, 0.3) is 0 Å². The number of halogens is 1. The number of benzene rings is 1. The first-order chi connectivity index (χ1) is 9.63. The van der Waals surface area contributed by atoms with E-state index in [2.05, 4.69) is 11.9 Å². The molecule has 1 heterocycles. The fourth-order valence-electron chi connectivity index (χ4n) is 1.84. The first kappa shape index (κ1) is 14.5. The second-order valence-corrected chi connectivity index (χ2v) is 4.72. The normalized spacial score (nSPS) is 10.3. The third-order valence-corrected chi connectivity index (χ3v) is 3.14. The number of nitrogens with two attached hydrogens (primary N) is 1. The van der Waals surface area contributed by atoms with Crippen LogP contribution < -0.4 is 15.2 Å². The molecular weight excluding hydrogens is 276 g/mol. The maximum Gasteiger partial charge on any atom is 0.220 e. The number of methoxy groups -OCH3 is 1. The molecule has 5 heteroatoms. The van der Waals surface area contributed by atoms with Crippen LogP contribution in [-0.4, -0.2) is 12.1 Å². The van der Waals surface area contributed by atoms with Gasteiger partial charge < -0.3 is 15.2 Å². The minimum atomic E-state index is 0.226. The standard InChI is InChI=1S/C15H17ClN2O2/c1-3-4-10-5-7-12(13(9-10)19-2)20-14-8-6-11(17)15(16)18-14/h5-9H,3-4,17H2,1-2H3. The number of anilines is 1. The van der Waals surface area contributed by atoms with Crippen molar-refractivity contribution in [3.63, 3.8) is 0 Å². The summed E-state index contributed by atoms with van der Waals surface area (Å²) in [5.41, 5.74) is 7.25. The van der Waals surface area contributed by atoms with Crippen molar-refractivity contribution in [2.24, 2.45) is 0 Å². The van der Waals surface area contributed by atoms with E-state index in [4.69, 9.17) is 26.8 Å². The van der Waals surface area contributed by atoms with Crippen molar-refractivity contribution in [3.8, 4) is 17.4 Å². The van der Waals surface area contributed by atoms with E-state index in [1.165, 1.54) is 5.56 Å². The van der Waals surface area contributed by atoms with Crippen LogP contribution in [0, 0.1) is 0 Å². The largest absolute Gasteiger partial charge is 0.493 e. The summed E-state index contributed by atoms with van der Waals surface area (Å²) in [5.74, 6) is 1.65. The molecule has 0 fully saturated rings. The van der Waals surface area contributed by atoms with Crippen molar-refractivity contribution in [1.29, 1.82) is 0 Å². The topological polar surface area (TPSA) is 57.4 Å². The van der Waals surface area contributed by atoms with E-state index in [1.807, 2.05) is 18.2 Å². The van der Waals surface area contributed by atoms with Gasteiger partial charge in [-0.05, 0) is 30.2 Å². The molecule has 0 aliphatic heterocycles. The van der Waals surface area contributed by atoms with Crippen molar-refractivity contribution in [3.05, 3.63) is 41.0 Å². The van der Waals surface area contributed by atoms with Gasteiger partial charge in [0.1, 0.15) is 0 Å². The first-order valence-electron chi connectivity index (χ1n) is 6.40. The van der Waals surface area contributed by atoms with Gasteiger partial charge in [-0.1, -0.05) is 31.0 Å². The van der Waals surface area contributed by atoms with Crippen LogP contribution in [0.4, 0.5) is 5.69 Å². The van der Waals surface area contributed by atoms with E-state index in [9.17, 15) is 0 Å². The number of pyridine rings is 1. The average molecular weight is 293 g/mol. The van der Waals surface area contributed by atoms with Crippen molar-refractivity contribution in [1.82, 2.24) is 4.98 Å². The minimum absolute atomic E-state index is 0.226. The van der Waals surface area contributed by atoms with Crippen LogP contribution >= 0.6 is 11.6 Å². The zero-order valence-electron chi connectivity index (χ0n) is 11.5. The maximum atomic E-state index is 5.87. The molecule has 0 saturated carbocycles. The van der Waals surface area contributed by atoms with Gasteiger partial charge in [-0.3, -0.25) is 0 Å². The SMILES string of the molecule is CCCc1ccc(Oc2ccc(N)c(Cl)n2)c(OC)c1. The van der Waals surface area contributed by atoms with Crippen molar-refractivity contribution >= 4 is 17.3 Å². The minimum Gasteiger partial charge on any atom is -0.493 e. The molecule has 4 nitrogen and oxygen atoms in total. The van der Waals surface area contributed by atoms with Crippen LogP contribution in [-0.2, 0) is 6.42 Å². The first-order valence-corrected chi connectivity index (χ1v) is 6.78. The van der Waals surface area contributed by atoms with Crippen molar-refractivity contribution < 1.29 is 9.47 Å². The lowest BCUT2D eigenvalue weighted by Crippen LogP contribution is -1.95. The molecule has 0 bridgehead atoms. The fourth-order valence-corrected chi connectivity index (χ4v) is 1.98.